The molecule has 1 aliphatic heterocycles. The maximum absolute atomic E-state index is 6.02. The number of nitrogens with zero attached hydrogens (tertiary/aromatic N) is 1. The molecule has 0 spiro atoms. The molecule has 1 atom stereocenters. The fourth-order valence-corrected chi connectivity index (χ4v) is 1.59. The molecule has 1 aliphatic rings. The van der Waals surface area contributed by atoms with Crippen molar-refractivity contribution in [3.8, 4) is 0 Å². The third-order valence-electron chi connectivity index (χ3n) is 2.33. The van der Waals surface area contributed by atoms with Crippen molar-refractivity contribution in [1.82, 2.24) is 0 Å². The summed E-state index contributed by atoms with van der Waals surface area (Å²) in [5.41, 5.74) is 6.02. The Kier molecular flexibility index (Phi) is 3.23. The van der Waals surface area contributed by atoms with Gasteiger partial charge in [0, 0.05) is 0 Å². The molecule has 13 heavy (non-hydrogen) atoms. The van der Waals surface area contributed by atoms with Crippen LogP contribution in [0.4, 0.5) is 0 Å². The lowest BCUT2D eigenvalue weighted by molar-refractivity contribution is -0.886. The van der Waals surface area contributed by atoms with Crippen LogP contribution in [0.5, 0.6) is 0 Å². The fourth-order valence-electron chi connectivity index (χ4n) is 1.59. The van der Waals surface area contributed by atoms with Crippen LogP contribution in [0.15, 0.2) is 49.7 Å². The molecule has 0 saturated heterocycles. The monoisotopic (exact) mass is 177 g/mol. The van der Waals surface area contributed by atoms with Crippen LogP contribution in [-0.2, 0) is 0 Å². The third kappa shape index (κ3) is 1.97. The Balaban J connectivity index is 2.87. The number of hydrogen-bond acceptors (Lipinski definition) is 1. The van der Waals surface area contributed by atoms with E-state index in [1.165, 1.54) is 0 Å². The van der Waals surface area contributed by atoms with Crippen molar-refractivity contribution < 1.29 is 4.48 Å². The lowest BCUT2D eigenvalue weighted by Crippen LogP contribution is -2.55. The highest BCUT2D eigenvalue weighted by Gasteiger charge is 2.29. The molecule has 1 rings (SSSR count). The minimum Gasteiger partial charge on any atom is -0.278 e. The van der Waals surface area contributed by atoms with Gasteiger partial charge in [-0.2, -0.15) is 0 Å². The average molecular weight is 177 g/mol. The summed E-state index contributed by atoms with van der Waals surface area (Å²) in [5, 5.41) is 0. The van der Waals surface area contributed by atoms with Crippen LogP contribution >= 0.6 is 0 Å². The van der Waals surface area contributed by atoms with Crippen LogP contribution in [0, 0.1) is 0 Å². The second kappa shape index (κ2) is 4.21. The van der Waals surface area contributed by atoms with Crippen molar-refractivity contribution in [1.29, 1.82) is 0 Å². The first-order valence-corrected chi connectivity index (χ1v) is 4.45. The molecule has 0 radical (unpaired) electrons. The summed E-state index contributed by atoms with van der Waals surface area (Å²) in [6, 6.07) is 0. The molecular formula is C11H17N2+. The van der Waals surface area contributed by atoms with Gasteiger partial charge in [-0.15, -0.1) is 0 Å². The Morgan fingerprint density at radius 1 is 1.23 bits per heavy atom. The van der Waals surface area contributed by atoms with E-state index in [9.17, 15) is 0 Å². The van der Waals surface area contributed by atoms with E-state index in [1.807, 2.05) is 30.4 Å². The van der Waals surface area contributed by atoms with E-state index in [4.69, 9.17) is 5.73 Å². The second-order valence-corrected chi connectivity index (χ2v) is 3.26. The van der Waals surface area contributed by atoms with Gasteiger partial charge in [0.2, 0.25) is 0 Å². The molecule has 2 nitrogen and oxygen atoms in total. The zero-order valence-electron chi connectivity index (χ0n) is 7.89. The van der Waals surface area contributed by atoms with Crippen LogP contribution in [0.25, 0.3) is 0 Å². The molecule has 1 heterocycles. The lowest BCUT2D eigenvalue weighted by Gasteiger charge is -2.38. The van der Waals surface area contributed by atoms with Gasteiger partial charge in [0.05, 0.1) is 6.20 Å². The quantitative estimate of drug-likeness (QED) is 0.511. The Hall–Kier alpha value is -1.12. The average Bonchev–Trinajstić information content (AvgIpc) is 2.11. The summed E-state index contributed by atoms with van der Waals surface area (Å²) in [6.07, 6.45) is 11.9. The van der Waals surface area contributed by atoms with E-state index >= 15 is 0 Å². The van der Waals surface area contributed by atoms with Gasteiger partial charge in [0.25, 0.3) is 0 Å². The summed E-state index contributed by atoms with van der Waals surface area (Å²) >= 11 is 0. The van der Waals surface area contributed by atoms with Crippen LogP contribution in [0.3, 0.4) is 0 Å². The van der Waals surface area contributed by atoms with Gasteiger partial charge in [-0.3, -0.25) is 10.2 Å². The molecule has 0 fully saturated rings. The first kappa shape index (κ1) is 9.96. The topological polar surface area (TPSA) is 26.0 Å². The highest BCUT2D eigenvalue weighted by Crippen LogP contribution is 2.17. The second-order valence-electron chi connectivity index (χ2n) is 3.26. The summed E-state index contributed by atoms with van der Waals surface area (Å²) in [4.78, 5) is 0. The van der Waals surface area contributed by atoms with Crippen molar-refractivity contribution in [2.75, 3.05) is 13.1 Å². The molecule has 1 unspecified atom stereocenters. The molecule has 2 heteroatoms. The zero-order valence-corrected chi connectivity index (χ0v) is 7.89. The van der Waals surface area contributed by atoms with Gasteiger partial charge in [-0.05, 0) is 24.3 Å². The molecule has 2 N–H and O–H groups in total. The van der Waals surface area contributed by atoms with E-state index < -0.39 is 0 Å². The number of allylic oxidation sites excluding steroid dienone is 2. The minimum absolute atomic E-state index is 0.0148. The molecular weight excluding hydrogens is 160 g/mol. The van der Waals surface area contributed by atoms with Gasteiger partial charge in [0.15, 0.2) is 6.17 Å². The van der Waals surface area contributed by atoms with Gasteiger partial charge < -0.3 is 0 Å². The smallest absolute Gasteiger partial charge is 0.164 e. The lowest BCUT2D eigenvalue weighted by atomic mass is 10.2. The number of rotatable bonds is 4. The van der Waals surface area contributed by atoms with Crippen molar-refractivity contribution in [3.63, 3.8) is 0 Å². The number of hydrogen-bond donors (Lipinski definition) is 1. The summed E-state index contributed by atoms with van der Waals surface area (Å²) in [6.45, 7) is 9.19. The Bertz CT molecular complexity index is 241. The maximum Gasteiger partial charge on any atom is 0.164 e. The third-order valence-corrected chi connectivity index (χ3v) is 2.33. The Morgan fingerprint density at radius 3 is 2.31 bits per heavy atom. The first-order valence-electron chi connectivity index (χ1n) is 4.45. The predicted molar refractivity (Wildman–Crippen MR) is 56.6 cm³/mol. The Labute approximate surface area is 79.9 Å². The first-order chi connectivity index (χ1) is 6.25. The molecule has 0 amide bonds. The minimum atomic E-state index is 0.0148. The number of quaternary nitrogens is 1. The van der Waals surface area contributed by atoms with E-state index in [1.54, 1.807) is 0 Å². The largest absolute Gasteiger partial charge is 0.278 e. The molecule has 70 valence electrons. The van der Waals surface area contributed by atoms with E-state index in [-0.39, 0.29) is 6.17 Å². The fraction of sp³-hybridized carbons (Fsp3) is 0.273. The van der Waals surface area contributed by atoms with E-state index in [0.717, 1.165) is 13.1 Å². The zero-order chi connectivity index (χ0) is 9.73. The maximum atomic E-state index is 6.02. The van der Waals surface area contributed by atoms with Crippen molar-refractivity contribution in [2.45, 2.75) is 6.17 Å². The normalized spacial score (nSPS) is 24.2. The van der Waals surface area contributed by atoms with Gasteiger partial charge in [-0.1, -0.05) is 19.2 Å². The van der Waals surface area contributed by atoms with Crippen LogP contribution in [0.2, 0.25) is 0 Å². The standard InChI is InChI=1S/C11H17N2/c1-3-8-13(9-4-2)10-6-5-7-11(13)12/h3-7,10-11H,1-2,8-9,12H2/q+1. The molecule has 0 saturated carbocycles. The van der Waals surface area contributed by atoms with Gasteiger partial charge >= 0.3 is 0 Å². The summed E-state index contributed by atoms with van der Waals surface area (Å²) in [7, 11) is 0. The van der Waals surface area contributed by atoms with Crippen molar-refractivity contribution >= 4 is 0 Å². The summed E-state index contributed by atoms with van der Waals surface area (Å²) in [5.74, 6) is 0. The molecule has 0 aromatic heterocycles. The number of nitrogens with two attached hydrogens (primary N) is 1. The van der Waals surface area contributed by atoms with Crippen molar-refractivity contribution in [2.24, 2.45) is 5.73 Å². The highest BCUT2D eigenvalue weighted by atomic mass is 15.4. The van der Waals surface area contributed by atoms with E-state index in [2.05, 4.69) is 19.4 Å². The van der Waals surface area contributed by atoms with Crippen LogP contribution in [0.1, 0.15) is 0 Å². The predicted octanol–water partition coefficient (Wildman–Crippen LogP) is 1.54. The van der Waals surface area contributed by atoms with Crippen LogP contribution in [-0.4, -0.2) is 23.7 Å². The van der Waals surface area contributed by atoms with Gasteiger partial charge in [-0.25, -0.2) is 0 Å². The molecule has 0 aliphatic carbocycles. The van der Waals surface area contributed by atoms with E-state index in [0.29, 0.717) is 4.48 Å². The molecule has 0 bridgehead atoms. The van der Waals surface area contributed by atoms with Crippen LogP contribution < -0.4 is 5.73 Å². The summed E-state index contributed by atoms with van der Waals surface area (Å²) < 4.78 is 0.698. The SMILES string of the molecule is C=CC[N+]1(CC=C)C=CC=CC1N. The molecule has 0 aromatic carbocycles. The van der Waals surface area contributed by atoms with Gasteiger partial charge in [0.1, 0.15) is 13.1 Å². The highest BCUT2D eigenvalue weighted by molar-refractivity contribution is 5.07. The van der Waals surface area contributed by atoms with Crippen molar-refractivity contribution in [3.05, 3.63) is 49.7 Å². The molecule has 0 aromatic rings. The Morgan fingerprint density at radius 2 is 1.85 bits per heavy atom.